The molecule has 0 aromatic carbocycles. The van der Waals surface area contributed by atoms with Gasteiger partial charge in [-0.05, 0) is 12.8 Å². The lowest BCUT2D eigenvalue weighted by Gasteiger charge is -2.27. The summed E-state index contributed by atoms with van der Waals surface area (Å²) in [4.78, 5) is 1.81. The van der Waals surface area contributed by atoms with Crippen molar-refractivity contribution in [3.8, 4) is 6.19 Å². The number of nitriles is 1. The highest BCUT2D eigenvalue weighted by Gasteiger charge is 2.48. The molecule has 2 aliphatic rings. The number of hydrogen-bond acceptors (Lipinski definition) is 3. The standard InChI is InChI=1S/C9H14N4/c10-6-12-9-3-1-2-8(9)4-13(5-9)7-11/h6,8H,1-5H2,(H2,10,12). The van der Waals surface area contributed by atoms with Crippen LogP contribution in [0.5, 0.6) is 0 Å². The topological polar surface area (TPSA) is 62.9 Å². The highest BCUT2D eigenvalue weighted by molar-refractivity contribution is 5.52. The van der Waals surface area contributed by atoms with E-state index in [-0.39, 0.29) is 5.54 Å². The molecule has 0 aromatic heterocycles. The lowest BCUT2D eigenvalue weighted by atomic mass is 9.91. The minimum Gasteiger partial charge on any atom is -0.369 e. The van der Waals surface area contributed by atoms with Gasteiger partial charge in [0.25, 0.3) is 0 Å². The molecular formula is C9H14N4. The van der Waals surface area contributed by atoms with E-state index in [4.69, 9.17) is 10.7 Å². The zero-order valence-electron chi connectivity index (χ0n) is 7.58. The van der Waals surface area contributed by atoms with Gasteiger partial charge in [0.1, 0.15) is 0 Å². The zero-order valence-corrected chi connectivity index (χ0v) is 7.58. The van der Waals surface area contributed by atoms with Crippen molar-refractivity contribution in [1.82, 2.24) is 10.2 Å². The molecule has 2 fully saturated rings. The quantitative estimate of drug-likeness (QED) is 0.368. The second-order valence-electron chi connectivity index (χ2n) is 4.01. The van der Waals surface area contributed by atoms with Crippen LogP contribution in [0.1, 0.15) is 19.3 Å². The highest BCUT2D eigenvalue weighted by atomic mass is 15.2. The van der Waals surface area contributed by atoms with Crippen LogP contribution in [0.3, 0.4) is 0 Å². The van der Waals surface area contributed by atoms with Crippen molar-refractivity contribution in [3.05, 3.63) is 0 Å². The lowest BCUT2D eigenvalue weighted by Crippen LogP contribution is -2.48. The van der Waals surface area contributed by atoms with Crippen molar-refractivity contribution in [2.75, 3.05) is 13.1 Å². The van der Waals surface area contributed by atoms with Crippen molar-refractivity contribution < 1.29 is 0 Å². The van der Waals surface area contributed by atoms with Gasteiger partial charge >= 0.3 is 0 Å². The molecule has 1 aliphatic heterocycles. The first-order chi connectivity index (χ1) is 6.30. The van der Waals surface area contributed by atoms with Crippen LogP contribution in [-0.2, 0) is 0 Å². The summed E-state index contributed by atoms with van der Waals surface area (Å²) >= 11 is 0. The maximum Gasteiger partial charge on any atom is 0.179 e. The molecule has 1 saturated heterocycles. The fourth-order valence-electron chi connectivity index (χ4n) is 2.75. The molecule has 0 bridgehead atoms. The van der Waals surface area contributed by atoms with E-state index in [9.17, 15) is 0 Å². The van der Waals surface area contributed by atoms with Gasteiger partial charge < -0.3 is 10.2 Å². The molecule has 0 amide bonds. The summed E-state index contributed by atoms with van der Waals surface area (Å²) in [6.07, 6.45) is 6.99. The molecule has 13 heavy (non-hydrogen) atoms. The molecule has 1 saturated carbocycles. The predicted octanol–water partition coefficient (Wildman–Crippen LogP) is 0.519. The van der Waals surface area contributed by atoms with Crippen molar-refractivity contribution in [3.63, 3.8) is 0 Å². The van der Waals surface area contributed by atoms with Gasteiger partial charge in [-0.2, -0.15) is 5.26 Å². The smallest absolute Gasteiger partial charge is 0.179 e. The molecule has 70 valence electrons. The van der Waals surface area contributed by atoms with Crippen LogP contribution in [0, 0.1) is 22.8 Å². The Balaban J connectivity index is 2.15. The van der Waals surface area contributed by atoms with Crippen molar-refractivity contribution in [1.29, 1.82) is 10.7 Å². The number of nitrogens with one attached hydrogen (secondary N) is 2. The monoisotopic (exact) mass is 178 g/mol. The van der Waals surface area contributed by atoms with Gasteiger partial charge in [0, 0.05) is 12.5 Å². The van der Waals surface area contributed by atoms with Crippen molar-refractivity contribution in [2.24, 2.45) is 5.92 Å². The van der Waals surface area contributed by atoms with Crippen molar-refractivity contribution >= 4 is 6.34 Å². The van der Waals surface area contributed by atoms with Crippen LogP contribution >= 0.6 is 0 Å². The molecule has 0 aromatic rings. The SMILES string of the molecule is N#CN1CC2CCCC2(NC=N)C1. The van der Waals surface area contributed by atoms with Gasteiger partial charge in [-0.25, -0.2) is 0 Å². The third-order valence-corrected chi connectivity index (χ3v) is 3.37. The second kappa shape index (κ2) is 2.91. The van der Waals surface area contributed by atoms with Gasteiger partial charge in [0.15, 0.2) is 6.19 Å². The van der Waals surface area contributed by atoms with Crippen LogP contribution in [0.25, 0.3) is 0 Å². The highest BCUT2D eigenvalue weighted by Crippen LogP contribution is 2.40. The average molecular weight is 178 g/mol. The lowest BCUT2D eigenvalue weighted by molar-refractivity contribution is 0.350. The van der Waals surface area contributed by atoms with Crippen molar-refractivity contribution in [2.45, 2.75) is 24.8 Å². The number of likely N-dealkylation sites (tertiary alicyclic amines) is 1. The fraction of sp³-hybridized carbons (Fsp3) is 0.778. The van der Waals surface area contributed by atoms with Gasteiger partial charge in [-0.15, -0.1) is 0 Å². The van der Waals surface area contributed by atoms with E-state index in [0.29, 0.717) is 5.92 Å². The summed E-state index contributed by atoms with van der Waals surface area (Å²) in [5, 5.41) is 19.0. The Morgan fingerprint density at radius 3 is 3.23 bits per heavy atom. The maximum atomic E-state index is 8.79. The summed E-state index contributed by atoms with van der Waals surface area (Å²) in [7, 11) is 0. The molecule has 1 aliphatic carbocycles. The van der Waals surface area contributed by atoms with Crippen LogP contribution in [-0.4, -0.2) is 29.9 Å². The first-order valence-corrected chi connectivity index (χ1v) is 4.72. The Labute approximate surface area is 78.0 Å². The second-order valence-corrected chi connectivity index (χ2v) is 4.01. The molecule has 2 N–H and O–H groups in total. The molecule has 0 spiro atoms. The Morgan fingerprint density at radius 1 is 1.69 bits per heavy atom. The largest absolute Gasteiger partial charge is 0.369 e. The van der Waals surface area contributed by atoms with Gasteiger partial charge in [-0.3, -0.25) is 5.41 Å². The van der Waals surface area contributed by atoms with Gasteiger partial charge in [0.2, 0.25) is 0 Å². The molecule has 4 nitrogen and oxygen atoms in total. The van der Waals surface area contributed by atoms with E-state index in [1.165, 1.54) is 19.2 Å². The number of nitrogens with zero attached hydrogens (tertiary/aromatic N) is 2. The van der Waals surface area contributed by atoms with Crippen LogP contribution in [0.2, 0.25) is 0 Å². The molecular weight excluding hydrogens is 164 g/mol. The van der Waals surface area contributed by atoms with Crippen LogP contribution < -0.4 is 5.32 Å². The first kappa shape index (κ1) is 8.36. The Kier molecular flexibility index (Phi) is 1.87. The van der Waals surface area contributed by atoms with E-state index >= 15 is 0 Å². The molecule has 1 heterocycles. The van der Waals surface area contributed by atoms with Gasteiger partial charge in [-0.1, -0.05) is 6.42 Å². The summed E-state index contributed by atoms with van der Waals surface area (Å²) < 4.78 is 0. The number of fused-ring (bicyclic) bond motifs is 1. The van der Waals surface area contributed by atoms with E-state index in [1.54, 1.807) is 4.90 Å². The summed E-state index contributed by atoms with van der Waals surface area (Å²) in [5.74, 6) is 0.564. The minimum atomic E-state index is 0.0392. The molecule has 2 unspecified atom stereocenters. The Hall–Kier alpha value is -1.24. The summed E-state index contributed by atoms with van der Waals surface area (Å²) in [5.41, 5.74) is 0.0392. The van der Waals surface area contributed by atoms with E-state index in [1.807, 2.05) is 0 Å². The third kappa shape index (κ3) is 1.15. The average Bonchev–Trinajstić information content (AvgIpc) is 2.60. The Bertz CT molecular complexity index is 257. The van der Waals surface area contributed by atoms with Gasteiger partial charge in [0.05, 0.1) is 18.4 Å². The molecule has 2 rings (SSSR count). The zero-order chi connectivity index (χ0) is 9.31. The van der Waals surface area contributed by atoms with Crippen LogP contribution in [0.4, 0.5) is 0 Å². The summed E-state index contributed by atoms with van der Waals surface area (Å²) in [6, 6.07) is 0. The fourth-order valence-corrected chi connectivity index (χ4v) is 2.75. The number of rotatable bonds is 2. The normalized spacial score (nSPS) is 36.8. The Morgan fingerprint density at radius 2 is 2.54 bits per heavy atom. The third-order valence-electron chi connectivity index (χ3n) is 3.37. The first-order valence-electron chi connectivity index (χ1n) is 4.72. The van der Waals surface area contributed by atoms with E-state index in [2.05, 4.69) is 11.5 Å². The minimum absolute atomic E-state index is 0.0392. The molecule has 2 atom stereocenters. The maximum absolute atomic E-state index is 8.79. The van der Waals surface area contributed by atoms with E-state index < -0.39 is 0 Å². The predicted molar refractivity (Wildman–Crippen MR) is 49.2 cm³/mol. The molecule has 4 heteroatoms. The van der Waals surface area contributed by atoms with E-state index in [0.717, 1.165) is 19.5 Å². The molecule has 0 radical (unpaired) electrons. The summed E-state index contributed by atoms with van der Waals surface area (Å²) in [6.45, 7) is 1.65. The van der Waals surface area contributed by atoms with Crippen LogP contribution in [0.15, 0.2) is 0 Å². The number of hydrogen-bond donors (Lipinski definition) is 2.